The van der Waals surface area contributed by atoms with Crippen molar-refractivity contribution in [3.8, 4) is 0 Å². The van der Waals surface area contributed by atoms with Crippen LogP contribution in [0.25, 0.3) is 10.9 Å². The van der Waals surface area contributed by atoms with Crippen LogP contribution in [0.4, 0.5) is 15.8 Å². The van der Waals surface area contributed by atoms with Crippen LogP contribution in [-0.4, -0.2) is 51.1 Å². The lowest BCUT2D eigenvalue weighted by molar-refractivity contribution is -0.114. The van der Waals surface area contributed by atoms with E-state index in [9.17, 15) is 27.2 Å². The lowest BCUT2D eigenvalue weighted by Gasteiger charge is -2.29. The van der Waals surface area contributed by atoms with Gasteiger partial charge in [-0.2, -0.15) is 0 Å². The predicted octanol–water partition coefficient (Wildman–Crippen LogP) is 1.58. The maximum atomic E-state index is 15.0. The minimum absolute atomic E-state index is 0.000395. The summed E-state index contributed by atoms with van der Waals surface area (Å²) in [4.78, 5) is 40.7. The normalized spacial score (nSPS) is 14.0. The van der Waals surface area contributed by atoms with Gasteiger partial charge in [0.25, 0.3) is 15.9 Å². The van der Waals surface area contributed by atoms with Crippen molar-refractivity contribution in [2.45, 2.75) is 25.3 Å². The van der Waals surface area contributed by atoms with Crippen LogP contribution in [-0.2, 0) is 26.1 Å². The molecule has 1 aliphatic rings. The number of hydrogen-bond acceptors (Lipinski definition) is 7. The highest BCUT2D eigenvalue weighted by Crippen LogP contribution is 2.26. The number of fused-ring (bicyclic) bond motifs is 1. The van der Waals surface area contributed by atoms with Crippen LogP contribution < -0.4 is 25.9 Å². The van der Waals surface area contributed by atoms with Gasteiger partial charge in [0.05, 0.1) is 29.3 Å². The predicted molar refractivity (Wildman–Crippen MR) is 135 cm³/mol. The molecule has 0 bridgehead atoms. The number of nitrogens with one attached hydrogen (secondary N) is 3. The number of nitrogens with zero attached hydrogens (tertiary/aromatic N) is 2. The fraction of sp³-hybridized carbons (Fsp3) is 0.292. The van der Waals surface area contributed by atoms with Crippen LogP contribution in [0.1, 0.15) is 24.2 Å². The zero-order chi connectivity index (χ0) is 26.7. The molecular weight excluding hydrogens is 505 g/mol. The molecule has 11 nitrogen and oxygen atoms in total. The SMILES string of the molecule is CCn1cc(C(=O)NNS(=O)(=O)c2ccc(NC(C)=O)cc2)c(=O)c2cc(F)c(N3CCOCC3)cc21. The zero-order valence-corrected chi connectivity index (χ0v) is 21.0. The average molecular weight is 532 g/mol. The minimum atomic E-state index is -4.18. The van der Waals surface area contributed by atoms with E-state index in [1.165, 1.54) is 37.4 Å². The van der Waals surface area contributed by atoms with Crippen molar-refractivity contribution in [2.24, 2.45) is 0 Å². The molecule has 1 aliphatic heterocycles. The molecule has 1 aromatic heterocycles. The van der Waals surface area contributed by atoms with Crippen LogP contribution in [0.3, 0.4) is 0 Å². The first-order valence-electron chi connectivity index (χ1n) is 11.5. The van der Waals surface area contributed by atoms with Gasteiger partial charge in [0, 0.05) is 43.8 Å². The molecular formula is C24H26FN5O6S. The summed E-state index contributed by atoms with van der Waals surface area (Å²) in [7, 11) is -4.18. The molecule has 2 heterocycles. The van der Waals surface area contributed by atoms with Gasteiger partial charge in [0.1, 0.15) is 11.4 Å². The maximum absolute atomic E-state index is 15.0. The quantitative estimate of drug-likeness (QED) is 0.394. The number of hydrazine groups is 1. The second-order valence-electron chi connectivity index (χ2n) is 8.34. The highest BCUT2D eigenvalue weighted by molar-refractivity contribution is 7.89. The molecule has 3 N–H and O–H groups in total. The number of carbonyl (C=O) groups excluding carboxylic acids is 2. The van der Waals surface area contributed by atoms with Gasteiger partial charge in [-0.3, -0.25) is 19.8 Å². The number of hydrogen-bond donors (Lipinski definition) is 3. The summed E-state index contributed by atoms with van der Waals surface area (Å²) in [5.74, 6) is -1.91. The number of benzene rings is 2. The fourth-order valence-electron chi connectivity index (χ4n) is 4.03. The number of morpholine rings is 1. The molecule has 1 saturated heterocycles. The topological polar surface area (TPSA) is 139 Å². The highest BCUT2D eigenvalue weighted by atomic mass is 32.2. The third-order valence-corrected chi connectivity index (χ3v) is 7.13. The molecule has 196 valence electrons. The molecule has 2 amide bonds. The summed E-state index contributed by atoms with van der Waals surface area (Å²) < 4.78 is 47.1. The van der Waals surface area contributed by atoms with Crippen LogP contribution in [0.5, 0.6) is 0 Å². The molecule has 2 aromatic carbocycles. The second kappa shape index (κ2) is 10.7. The number of aromatic nitrogens is 1. The highest BCUT2D eigenvalue weighted by Gasteiger charge is 2.22. The number of aryl methyl sites for hydroxylation is 1. The first-order chi connectivity index (χ1) is 17.6. The Morgan fingerprint density at radius 1 is 1.11 bits per heavy atom. The van der Waals surface area contributed by atoms with Gasteiger partial charge < -0.3 is 19.5 Å². The number of ether oxygens (including phenoxy) is 1. The van der Waals surface area contributed by atoms with E-state index in [1.807, 2.05) is 15.2 Å². The summed E-state index contributed by atoms with van der Waals surface area (Å²) >= 11 is 0. The maximum Gasteiger partial charge on any atom is 0.271 e. The van der Waals surface area contributed by atoms with Crippen molar-refractivity contribution in [1.29, 1.82) is 0 Å². The van der Waals surface area contributed by atoms with Crippen molar-refractivity contribution < 1.29 is 27.1 Å². The Hall–Kier alpha value is -3.81. The molecule has 4 rings (SSSR count). The smallest absolute Gasteiger partial charge is 0.271 e. The number of anilines is 2. The van der Waals surface area contributed by atoms with Gasteiger partial charge in [-0.15, -0.1) is 4.83 Å². The third kappa shape index (κ3) is 5.63. The Balaban J connectivity index is 1.59. The van der Waals surface area contributed by atoms with E-state index in [2.05, 4.69) is 5.32 Å². The van der Waals surface area contributed by atoms with Crippen molar-refractivity contribution in [3.63, 3.8) is 0 Å². The molecule has 0 unspecified atom stereocenters. The van der Waals surface area contributed by atoms with Crippen LogP contribution in [0, 0.1) is 5.82 Å². The monoisotopic (exact) mass is 531 g/mol. The van der Waals surface area contributed by atoms with Gasteiger partial charge in [-0.05, 0) is 43.3 Å². The largest absolute Gasteiger partial charge is 0.378 e. The van der Waals surface area contributed by atoms with Crippen LogP contribution in [0.2, 0.25) is 0 Å². The second-order valence-corrected chi connectivity index (χ2v) is 10.0. The van der Waals surface area contributed by atoms with Gasteiger partial charge in [-0.1, -0.05) is 0 Å². The molecule has 0 spiro atoms. The van der Waals surface area contributed by atoms with E-state index >= 15 is 0 Å². The van der Waals surface area contributed by atoms with Gasteiger partial charge in [0.2, 0.25) is 11.3 Å². The zero-order valence-electron chi connectivity index (χ0n) is 20.2. The average Bonchev–Trinajstić information content (AvgIpc) is 2.88. The lowest BCUT2D eigenvalue weighted by Crippen LogP contribution is -2.43. The molecule has 0 saturated carbocycles. The van der Waals surface area contributed by atoms with Gasteiger partial charge >= 0.3 is 0 Å². The molecule has 13 heteroatoms. The number of sulfonamides is 1. The van der Waals surface area contributed by atoms with E-state index in [4.69, 9.17) is 4.74 Å². The summed E-state index contributed by atoms with van der Waals surface area (Å²) in [5.41, 5.74) is 2.15. The number of rotatable bonds is 7. The number of pyridine rings is 1. The summed E-state index contributed by atoms with van der Waals surface area (Å²) in [5, 5.41) is 2.52. The van der Waals surface area contributed by atoms with E-state index < -0.39 is 27.2 Å². The number of halogens is 1. The van der Waals surface area contributed by atoms with E-state index in [1.54, 1.807) is 17.6 Å². The molecule has 3 aromatic rings. The lowest BCUT2D eigenvalue weighted by atomic mass is 10.1. The van der Waals surface area contributed by atoms with Crippen molar-refractivity contribution in [3.05, 3.63) is 64.2 Å². The summed E-state index contributed by atoms with van der Waals surface area (Å²) in [6.45, 7) is 5.44. The fourth-order valence-corrected chi connectivity index (χ4v) is 4.87. The summed E-state index contributed by atoms with van der Waals surface area (Å²) in [6.07, 6.45) is 1.32. The first kappa shape index (κ1) is 26.3. The van der Waals surface area contributed by atoms with Crippen molar-refractivity contribution >= 4 is 44.1 Å². The molecule has 1 fully saturated rings. The Morgan fingerprint density at radius 2 is 1.78 bits per heavy atom. The third-order valence-electron chi connectivity index (χ3n) is 5.87. The minimum Gasteiger partial charge on any atom is -0.378 e. The summed E-state index contributed by atoms with van der Waals surface area (Å²) in [6, 6.07) is 7.95. The van der Waals surface area contributed by atoms with E-state index in [-0.39, 0.29) is 21.8 Å². The number of carbonyl (C=O) groups is 2. The van der Waals surface area contributed by atoms with Crippen LogP contribution >= 0.6 is 0 Å². The molecule has 37 heavy (non-hydrogen) atoms. The van der Waals surface area contributed by atoms with E-state index in [0.29, 0.717) is 49.7 Å². The Labute approximate surface area is 212 Å². The van der Waals surface area contributed by atoms with Crippen molar-refractivity contribution in [1.82, 2.24) is 14.8 Å². The first-order valence-corrected chi connectivity index (χ1v) is 13.0. The molecule has 0 radical (unpaired) electrons. The Morgan fingerprint density at radius 3 is 2.41 bits per heavy atom. The van der Waals surface area contributed by atoms with E-state index in [0.717, 1.165) is 6.07 Å². The molecule has 0 atom stereocenters. The van der Waals surface area contributed by atoms with Crippen molar-refractivity contribution in [2.75, 3.05) is 36.5 Å². The Bertz CT molecular complexity index is 1520. The molecule has 0 aliphatic carbocycles. The van der Waals surface area contributed by atoms with Crippen LogP contribution in [0.15, 0.2) is 52.3 Å². The standard InChI is InChI=1S/C24H26FN5O6S/c1-3-29-14-19(23(32)18-12-20(25)22(13-21(18)29)30-8-10-36-11-9-30)24(33)27-28-37(34,35)17-6-4-16(5-7-17)26-15(2)31/h4-7,12-14,28H,3,8-11H2,1-2H3,(H,26,31)(H,27,33). The van der Waals surface area contributed by atoms with Gasteiger partial charge in [0.15, 0.2) is 0 Å². The van der Waals surface area contributed by atoms with Gasteiger partial charge in [-0.25, -0.2) is 12.8 Å². The Kier molecular flexibility index (Phi) is 7.57. The number of amides is 2.